The van der Waals surface area contributed by atoms with Crippen LogP contribution in [-0.2, 0) is 18.9 Å². The van der Waals surface area contributed by atoms with E-state index in [4.69, 9.17) is 40.0 Å². The van der Waals surface area contributed by atoms with Crippen LogP contribution in [0.5, 0.6) is 11.5 Å². The molecule has 0 fully saturated rings. The molecule has 0 amide bonds. The van der Waals surface area contributed by atoms with Crippen molar-refractivity contribution in [1.29, 1.82) is 0 Å². The van der Waals surface area contributed by atoms with Gasteiger partial charge in [-0.2, -0.15) is 0 Å². The normalized spacial score (nSPS) is 10.6. The van der Waals surface area contributed by atoms with Gasteiger partial charge in [0, 0.05) is 25.8 Å². The zero-order chi connectivity index (χ0) is 16.9. The van der Waals surface area contributed by atoms with Crippen molar-refractivity contribution in [2.24, 2.45) is 0 Å². The summed E-state index contributed by atoms with van der Waals surface area (Å²) in [7, 11) is 3.16. The van der Waals surface area contributed by atoms with Gasteiger partial charge in [0.25, 0.3) is 0 Å². The Hall–Kier alpha value is -1.38. The number of carbonyl (C=O) groups excluding carboxylic acids is 1. The van der Waals surface area contributed by atoms with Gasteiger partial charge in [-0.15, -0.1) is 0 Å². The molecule has 0 bridgehead atoms. The Bertz CT molecular complexity index is 467. The second-order valence-corrected chi connectivity index (χ2v) is 4.67. The monoisotopic (exact) mass is 348 g/mol. The number of hydrogen-bond acceptors (Lipinski definition) is 7. The summed E-state index contributed by atoms with van der Waals surface area (Å²) in [5.74, 6) is 0.692. The number of ether oxygens (including phenoxy) is 6. The summed E-state index contributed by atoms with van der Waals surface area (Å²) in [6.07, 6.45) is 0.639. The van der Waals surface area contributed by atoms with E-state index in [2.05, 4.69) is 0 Å². The highest BCUT2D eigenvalue weighted by Gasteiger charge is 2.11. The van der Waals surface area contributed by atoms with E-state index in [1.165, 1.54) is 12.1 Å². The molecule has 23 heavy (non-hydrogen) atoms. The molecule has 1 aromatic carbocycles. The smallest absolute Gasteiger partial charge is 0.189 e. The summed E-state index contributed by atoms with van der Waals surface area (Å²) in [6, 6.07) is 2.98. The standard InChI is InChI=1S/C15H21ClO7/c1-18-3-5-20-10-22-14-7-12(9-17)13(16)8-15(14)23-11-21-6-4-19-2/h7-9H,3-6,10-11H2,1-2H3. The predicted octanol–water partition coefficient (Wildman–Crippen LogP) is 2.15. The Labute approximate surface area is 140 Å². The van der Waals surface area contributed by atoms with Crippen molar-refractivity contribution in [3.63, 3.8) is 0 Å². The van der Waals surface area contributed by atoms with E-state index in [-0.39, 0.29) is 18.6 Å². The molecular formula is C15H21ClO7. The van der Waals surface area contributed by atoms with Gasteiger partial charge in [0.1, 0.15) is 0 Å². The maximum absolute atomic E-state index is 11.0. The maximum atomic E-state index is 11.0. The summed E-state index contributed by atoms with van der Waals surface area (Å²) in [6.45, 7) is 1.70. The maximum Gasteiger partial charge on any atom is 0.189 e. The van der Waals surface area contributed by atoms with Crippen LogP contribution < -0.4 is 9.47 Å². The van der Waals surface area contributed by atoms with Gasteiger partial charge in [0.15, 0.2) is 31.4 Å². The van der Waals surface area contributed by atoms with Crippen molar-refractivity contribution >= 4 is 17.9 Å². The van der Waals surface area contributed by atoms with E-state index in [0.717, 1.165) is 0 Å². The van der Waals surface area contributed by atoms with Gasteiger partial charge in [0.2, 0.25) is 0 Å². The van der Waals surface area contributed by atoms with E-state index < -0.39 is 0 Å². The van der Waals surface area contributed by atoms with Crippen molar-refractivity contribution in [3.8, 4) is 11.5 Å². The quantitative estimate of drug-likeness (QED) is 0.307. The third-order valence-electron chi connectivity index (χ3n) is 2.65. The van der Waals surface area contributed by atoms with Crippen molar-refractivity contribution in [3.05, 3.63) is 22.7 Å². The fourth-order valence-electron chi connectivity index (χ4n) is 1.48. The second-order valence-electron chi connectivity index (χ2n) is 4.26. The topological polar surface area (TPSA) is 72.5 Å². The highest BCUT2D eigenvalue weighted by atomic mass is 35.5. The van der Waals surface area contributed by atoms with E-state index in [9.17, 15) is 4.79 Å². The summed E-state index contributed by atoms with van der Waals surface area (Å²) < 4.78 is 31.1. The molecule has 0 atom stereocenters. The van der Waals surface area contributed by atoms with Crippen LogP contribution in [0, 0.1) is 0 Å². The van der Waals surface area contributed by atoms with Crippen molar-refractivity contribution < 1.29 is 33.2 Å². The molecule has 0 unspecified atom stereocenters. The number of carbonyl (C=O) groups is 1. The Morgan fingerprint density at radius 1 is 0.913 bits per heavy atom. The zero-order valence-electron chi connectivity index (χ0n) is 13.2. The SMILES string of the molecule is COCCOCOc1cc(Cl)c(C=O)cc1OCOCCOC. The number of aldehydes is 1. The molecule has 0 N–H and O–H groups in total. The molecule has 0 spiro atoms. The van der Waals surface area contributed by atoms with Crippen LogP contribution in [0.1, 0.15) is 10.4 Å². The highest BCUT2D eigenvalue weighted by molar-refractivity contribution is 6.33. The minimum atomic E-state index is -0.00974. The number of rotatable bonds is 13. The van der Waals surface area contributed by atoms with Gasteiger partial charge < -0.3 is 28.4 Å². The molecule has 7 nitrogen and oxygen atoms in total. The summed E-state index contributed by atoms with van der Waals surface area (Å²) in [5, 5.41) is 0.263. The molecule has 0 saturated carbocycles. The minimum Gasteiger partial charge on any atom is -0.464 e. The van der Waals surface area contributed by atoms with Crippen molar-refractivity contribution in [2.75, 3.05) is 54.2 Å². The first-order valence-electron chi connectivity index (χ1n) is 6.90. The Kier molecular flexibility index (Phi) is 10.3. The van der Waals surface area contributed by atoms with Crippen LogP contribution in [0.2, 0.25) is 5.02 Å². The van der Waals surface area contributed by atoms with Gasteiger partial charge in [-0.25, -0.2) is 0 Å². The largest absolute Gasteiger partial charge is 0.464 e. The molecule has 130 valence electrons. The lowest BCUT2D eigenvalue weighted by Gasteiger charge is -2.14. The van der Waals surface area contributed by atoms with Gasteiger partial charge in [-0.3, -0.25) is 4.79 Å². The number of methoxy groups -OCH3 is 2. The van der Waals surface area contributed by atoms with Crippen LogP contribution >= 0.6 is 11.6 Å². The lowest BCUT2D eigenvalue weighted by molar-refractivity contribution is -0.0207. The lowest BCUT2D eigenvalue weighted by atomic mass is 10.2. The van der Waals surface area contributed by atoms with E-state index in [1.807, 2.05) is 0 Å². The van der Waals surface area contributed by atoms with E-state index >= 15 is 0 Å². The molecule has 0 aliphatic rings. The van der Waals surface area contributed by atoms with Gasteiger partial charge in [0.05, 0.1) is 31.5 Å². The molecule has 1 rings (SSSR count). The fourth-order valence-corrected chi connectivity index (χ4v) is 1.68. The molecular weight excluding hydrogens is 328 g/mol. The fraction of sp³-hybridized carbons (Fsp3) is 0.533. The number of benzene rings is 1. The van der Waals surface area contributed by atoms with Gasteiger partial charge in [-0.1, -0.05) is 11.6 Å². The van der Waals surface area contributed by atoms with Crippen molar-refractivity contribution in [2.45, 2.75) is 0 Å². The zero-order valence-corrected chi connectivity index (χ0v) is 14.0. The summed E-state index contributed by atoms with van der Waals surface area (Å²) in [5.41, 5.74) is 0.297. The lowest BCUT2D eigenvalue weighted by Crippen LogP contribution is -2.11. The third kappa shape index (κ3) is 7.62. The average molecular weight is 349 g/mol. The summed E-state index contributed by atoms with van der Waals surface area (Å²) in [4.78, 5) is 11.0. The first-order valence-corrected chi connectivity index (χ1v) is 7.28. The first-order chi connectivity index (χ1) is 11.2. The highest BCUT2D eigenvalue weighted by Crippen LogP contribution is 2.33. The van der Waals surface area contributed by atoms with E-state index in [0.29, 0.717) is 49.8 Å². The molecule has 1 aromatic rings. The average Bonchev–Trinajstić information content (AvgIpc) is 2.56. The predicted molar refractivity (Wildman–Crippen MR) is 83.5 cm³/mol. The molecule has 0 heterocycles. The van der Waals surface area contributed by atoms with E-state index in [1.54, 1.807) is 14.2 Å². The van der Waals surface area contributed by atoms with Crippen molar-refractivity contribution in [1.82, 2.24) is 0 Å². The number of halogens is 1. The van der Waals surface area contributed by atoms with Crippen LogP contribution in [-0.4, -0.2) is 60.5 Å². The van der Waals surface area contributed by atoms with Gasteiger partial charge in [-0.05, 0) is 6.07 Å². The van der Waals surface area contributed by atoms with Gasteiger partial charge >= 0.3 is 0 Å². The Morgan fingerprint density at radius 3 is 1.91 bits per heavy atom. The van der Waals surface area contributed by atoms with Crippen LogP contribution in [0.4, 0.5) is 0 Å². The Morgan fingerprint density at radius 2 is 1.43 bits per heavy atom. The van der Waals surface area contributed by atoms with Crippen LogP contribution in [0.15, 0.2) is 12.1 Å². The molecule has 8 heteroatoms. The molecule has 0 aromatic heterocycles. The molecule has 0 aliphatic heterocycles. The Balaban J connectivity index is 2.61. The number of hydrogen-bond donors (Lipinski definition) is 0. The minimum absolute atomic E-state index is 0.00101. The van der Waals surface area contributed by atoms with Crippen LogP contribution in [0.25, 0.3) is 0 Å². The van der Waals surface area contributed by atoms with Crippen LogP contribution in [0.3, 0.4) is 0 Å². The first kappa shape index (κ1) is 19.7. The third-order valence-corrected chi connectivity index (χ3v) is 2.98. The second kappa shape index (κ2) is 12.1. The molecule has 0 saturated heterocycles. The summed E-state index contributed by atoms with van der Waals surface area (Å²) >= 11 is 5.99. The molecule has 0 radical (unpaired) electrons. The molecule has 0 aliphatic carbocycles.